The molecule has 0 saturated heterocycles. The molecule has 1 heterocycles. The van der Waals surface area contributed by atoms with E-state index < -0.39 is 15.3 Å². The maximum Gasteiger partial charge on any atom is 0.341 e. The van der Waals surface area contributed by atoms with Gasteiger partial charge in [0.1, 0.15) is 5.75 Å². The number of carbonyl (C=O) groups is 2. The lowest BCUT2D eigenvalue weighted by Crippen LogP contribution is -2.21. The van der Waals surface area contributed by atoms with Gasteiger partial charge in [0.25, 0.3) is 0 Å². The van der Waals surface area contributed by atoms with E-state index in [2.05, 4.69) is 46.9 Å². The van der Waals surface area contributed by atoms with Crippen LogP contribution >= 0.6 is 0 Å². The molecule has 1 atom stereocenters. The third kappa shape index (κ3) is 4.89. The molecule has 1 aromatic carbocycles. The van der Waals surface area contributed by atoms with E-state index in [0.717, 1.165) is 46.4 Å². The monoisotopic (exact) mass is 474 g/mol. The van der Waals surface area contributed by atoms with E-state index in [1.165, 1.54) is 7.11 Å². The fourth-order valence-corrected chi connectivity index (χ4v) is 5.69. The molecule has 1 aliphatic heterocycles. The van der Waals surface area contributed by atoms with Gasteiger partial charge in [0.2, 0.25) is 6.29 Å². The van der Waals surface area contributed by atoms with Gasteiger partial charge < -0.3 is 18.6 Å². The van der Waals surface area contributed by atoms with Crippen molar-refractivity contribution in [3.05, 3.63) is 39.5 Å². The third-order valence-electron chi connectivity index (χ3n) is 6.59. The Morgan fingerprint density at radius 1 is 1.24 bits per heavy atom. The summed E-state index contributed by atoms with van der Waals surface area (Å²) in [6.07, 6.45) is 4.50. The molecule has 2 aliphatic rings. The highest BCUT2D eigenvalue weighted by Gasteiger charge is 2.50. The average molecular weight is 475 g/mol. The predicted molar refractivity (Wildman–Crippen MR) is 130 cm³/mol. The summed E-state index contributed by atoms with van der Waals surface area (Å²) in [6.45, 7) is 14.5. The summed E-state index contributed by atoms with van der Waals surface area (Å²) in [5.74, 6) is 0.318. The van der Waals surface area contributed by atoms with Crippen molar-refractivity contribution in [2.75, 3.05) is 14.2 Å². The van der Waals surface area contributed by atoms with E-state index in [1.54, 1.807) is 7.11 Å². The molecule has 0 radical (unpaired) electrons. The molecule has 182 valence electrons. The predicted octanol–water partition coefficient (Wildman–Crippen LogP) is 5.30. The van der Waals surface area contributed by atoms with Gasteiger partial charge in [-0.15, -0.1) is 0 Å². The molecule has 3 rings (SSSR count). The number of hydrogen-bond acceptors (Lipinski definition) is 6. The molecule has 6 nitrogen and oxygen atoms in total. The first-order valence-corrected chi connectivity index (χ1v) is 14.5. The highest BCUT2D eigenvalue weighted by Crippen LogP contribution is 2.52. The number of methoxy groups -OCH3 is 2. The van der Waals surface area contributed by atoms with Gasteiger partial charge in [-0.1, -0.05) is 32.4 Å². The molecule has 0 aromatic heterocycles. The summed E-state index contributed by atoms with van der Waals surface area (Å²) in [6, 6.07) is 0. The van der Waals surface area contributed by atoms with Crippen molar-refractivity contribution in [3.63, 3.8) is 0 Å². The molecule has 1 unspecified atom stereocenters. The molecule has 1 aromatic rings. The molecule has 33 heavy (non-hydrogen) atoms. The first-order chi connectivity index (χ1) is 15.4. The van der Waals surface area contributed by atoms with Gasteiger partial charge in [0.05, 0.1) is 25.2 Å². The van der Waals surface area contributed by atoms with Gasteiger partial charge in [0.15, 0.2) is 9.04 Å². The number of rotatable bonds is 8. The lowest BCUT2D eigenvalue weighted by molar-refractivity contribution is -0.147. The van der Waals surface area contributed by atoms with Crippen LogP contribution in [0.3, 0.4) is 0 Å². The number of hydrogen-bond donors (Lipinski definition) is 0. The van der Waals surface area contributed by atoms with Crippen LogP contribution in [0.15, 0.2) is 11.6 Å². The van der Waals surface area contributed by atoms with Crippen molar-refractivity contribution in [1.82, 2.24) is 0 Å². The lowest BCUT2D eigenvalue weighted by Gasteiger charge is -2.28. The fourth-order valence-electron chi connectivity index (χ4n) is 5.00. The molecule has 7 heteroatoms. The number of allylic oxidation sites excluding steroid dienone is 2. The van der Waals surface area contributed by atoms with Gasteiger partial charge >= 0.3 is 11.9 Å². The number of carbonyl (C=O) groups excluding carboxylic acids is 2. The van der Waals surface area contributed by atoms with Gasteiger partial charge in [-0.05, 0) is 63.6 Å². The SMILES string of the molecule is COC(=O)C1(CC(C)=CCc2c(OC)c(C)c3c(c2C(C)(C)C)C(=O)OC3O[SiH](C)C)CC1. The number of benzene rings is 1. The van der Waals surface area contributed by atoms with Crippen LogP contribution < -0.4 is 4.74 Å². The summed E-state index contributed by atoms with van der Waals surface area (Å²) < 4.78 is 22.7. The molecule has 1 fully saturated rings. The summed E-state index contributed by atoms with van der Waals surface area (Å²) in [7, 11) is 1.68. The second-order valence-electron chi connectivity index (χ2n) is 10.7. The third-order valence-corrected chi connectivity index (χ3v) is 7.38. The first-order valence-electron chi connectivity index (χ1n) is 11.7. The molecule has 1 aliphatic carbocycles. The standard InChI is InChI=1S/C26H38O6Si/c1-15(14-26(12-13-26)24(28)30-7)10-11-17-20(25(3,4)5)19-18(16(2)21(17)29-6)23(31-22(19)27)32-33(8)9/h10,23,33H,11-14H2,1-9H3. The second kappa shape index (κ2) is 9.26. The Morgan fingerprint density at radius 2 is 1.88 bits per heavy atom. The van der Waals surface area contributed by atoms with Crippen molar-refractivity contribution >= 4 is 21.0 Å². The van der Waals surface area contributed by atoms with Gasteiger partial charge in [-0.25, -0.2) is 4.79 Å². The van der Waals surface area contributed by atoms with Gasteiger partial charge in [-0.3, -0.25) is 4.79 Å². The van der Waals surface area contributed by atoms with Crippen molar-refractivity contribution < 1.29 is 28.2 Å². The molecule has 0 spiro atoms. The van der Waals surface area contributed by atoms with E-state index in [9.17, 15) is 9.59 Å². The summed E-state index contributed by atoms with van der Waals surface area (Å²) >= 11 is 0. The molecule has 0 bridgehead atoms. The first kappa shape index (κ1) is 25.5. The zero-order chi connectivity index (χ0) is 24.7. The largest absolute Gasteiger partial charge is 0.496 e. The quantitative estimate of drug-likeness (QED) is 0.289. The summed E-state index contributed by atoms with van der Waals surface area (Å²) in [5, 5.41) is 0. The molecule has 1 saturated carbocycles. The van der Waals surface area contributed by atoms with Crippen molar-refractivity contribution in [2.45, 2.75) is 85.1 Å². The molecule has 0 amide bonds. The summed E-state index contributed by atoms with van der Waals surface area (Å²) in [4.78, 5) is 25.3. The van der Waals surface area contributed by atoms with Crippen LogP contribution in [0.4, 0.5) is 0 Å². The number of ether oxygens (including phenoxy) is 3. The minimum atomic E-state index is -1.44. The van der Waals surface area contributed by atoms with E-state index in [1.807, 2.05) is 6.92 Å². The zero-order valence-corrected chi connectivity index (χ0v) is 22.7. The Balaban J connectivity index is 2.09. The molecular formula is C26H38O6Si. The van der Waals surface area contributed by atoms with E-state index in [-0.39, 0.29) is 22.8 Å². The lowest BCUT2D eigenvalue weighted by atomic mass is 9.76. The highest BCUT2D eigenvalue weighted by molar-refractivity contribution is 6.48. The average Bonchev–Trinajstić information content (AvgIpc) is 3.42. The molecular weight excluding hydrogens is 436 g/mol. The van der Waals surface area contributed by atoms with Crippen molar-refractivity contribution in [2.24, 2.45) is 5.41 Å². The van der Waals surface area contributed by atoms with Gasteiger partial charge in [-0.2, -0.15) is 0 Å². The topological polar surface area (TPSA) is 71.1 Å². The smallest absolute Gasteiger partial charge is 0.341 e. The van der Waals surface area contributed by atoms with Crippen LogP contribution in [0, 0.1) is 12.3 Å². The Hall–Kier alpha value is -2.12. The van der Waals surface area contributed by atoms with Crippen molar-refractivity contribution in [3.8, 4) is 5.75 Å². The number of cyclic esters (lactones) is 1. The van der Waals surface area contributed by atoms with E-state index in [4.69, 9.17) is 18.6 Å². The van der Waals surface area contributed by atoms with Crippen LogP contribution in [-0.2, 0) is 30.5 Å². The van der Waals surface area contributed by atoms with Crippen LogP contribution in [0.5, 0.6) is 5.75 Å². The van der Waals surface area contributed by atoms with Crippen LogP contribution in [-0.4, -0.2) is 35.2 Å². The molecule has 0 N–H and O–H groups in total. The Labute approximate surface area is 199 Å². The normalized spacial score (nSPS) is 19.4. The highest BCUT2D eigenvalue weighted by atomic mass is 28.3. The Bertz CT molecular complexity index is 982. The second-order valence-corrected chi connectivity index (χ2v) is 13.0. The minimum absolute atomic E-state index is 0.126. The van der Waals surface area contributed by atoms with E-state index in [0.29, 0.717) is 18.4 Å². The van der Waals surface area contributed by atoms with Crippen LogP contribution in [0.2, 0.25) is 13.1 Å². The number of esters is 2. The van der Waals surface area contributed by atoms with Gasteiger partial charge in [0, 0.05) is 16.7 Å². The maximum atomic E-state index is 13.1. The zero-order valence-electron chi connectivity index (χ0n) is 21.5. The van der Waals surface area contributed by atoms with Crippen LogP contribution in [0.1, 0.15) is 85.9 Å². The summed E-state index contributed by atoms with van der Waals surface area (Å²) in [5.41, 5.74) is 4.70. The Morgan fingerprint density at radius 3 is 2.36 bits per heavy atom. The number of fused-ring (bicyclic) bond motifs is 1. The Kier molecular flexibility index (Phi) is 7.15. The van der Waals surface area contributed by atoms with Crippen LogP contribution in [0.25, 0.3) is 0 Å². The minimum Gasteiger partial charge on any atom is -0.496 e. The maximum absolute atomic E-state index is 13.1. The fraction of sp³-hybridized carbons (Fsp3) is 0.615. The van der Waals surface area contributed by atoms with E-state index >= 15 is 0 Å². The van der Waals surface area contributed by atoms with Crippen molar-refractivity contribution in [1.29, 1.82) is 0 Å².